The Hall–Kier alpha value is -3.26. The van der Waals surface area contributed by atoms with Gasteiger partial charge in [0.25, 0.3) is 11.8 Å². The highest BCUT2D eigenvalue weighted by atomic mass is 32.1. The first-order valence-corrected chi connectivity index (χ1v) is 8.58. The summed E-state index contributed by atoms with van der Waals surface area (Å²) in [5.74, 6) is -1.92. The molecule has 26 heavy (non-hydrogen) atoms. The number of aromatic nitrogens is 1. The minimum Gasteiger partial charge on any atom is -0.448 e. The number of thiophene rings is 1. The molecule has 7 nitrogen and oxygen atoms in total. The van der Waals surface area contributed by atoms with Crippen LogP contribution < -0.4 is 11.1 Å². The molecule has 0 saturated heterocycles. The second-order valence-corrected chi connectivity index (χ2v) is 6.37. The summed E-state index contributed by atoms with van der Waals surface area (Å²) in [6, 6.07) is 12.2. The van der Waals surface area contributed by atoms with E-state index in [9.17, 15) is 14.4 Å². The second kappa shape index (κ2) is 7.32. The summed E-state index contributed by atoms with van der Waals surface area (Å²) in [5, 5.41) is 5.38. The molecule has 1 atom stereocenters. The van der Waals surface area contributed by atoms with Gasteiger partial charge in [-0.25, -0.2) is 9.78 Å². The molecule has 0 saturated carbocycles. The molecule has 3 N–H and O–H groups in total. The summed E-state index contributed by atoms with van der Waals surface area (Å²) in [6.45, 7) is 1.44. The van der Waals surface area contributed by atoms with E-state index in [1.54, 1.807) is 23.6 Å². The number of para-hydroxylation sites is 1. The minimum atomic E-state index is -1.07. The third-order valence-corrected chi connectivity index (χ3v) is 4.46. The summed E-state index contributed by atoms with van der Waals surface area (Å²) < 4.78 is 5.17. The highest BCUT2D eigenvalue weighted by Gasteiger charge is 2.22. The van der Waals surface area contributed by atoms with Gasteiger partial charge in [0.2, 0.25) is 0 Å². The molecule has 2 heterocycles. The van der Waals surface area contributed by atoms with Gasteiger partial charge in [-0.1, -0.05) is 24.3 Å². The maximum atomic E-state index is 12.2. The van der Waals surface area contributed by atoms with Crippen molar-refractivity contribution in [1.29, 1.82) is 0 Å². The number of benzene rings is 1. The number of anilines is 1. The van der Waals surface area contributed by atoms with Crippen molar-refractivity contribution >= 4 is 45.0 Å². The van der Waals surface area contributed by atoms with Crippen molar-refractivity contribution in [2.24, 2.45) is 5.73 Å². The molecule has 0 unspecified atom stereocenters. The molecule has 0 aliphatic carbocycles. The van der Waals surface area contributed by atoms with Gasteiger partial charge in [-0.2, -0.15) is 0 Å². The Morgan fingerprint density at radius 3 is 2.69 bits per heavy atom. The molecule has 3 aromatic rings. The Morgan fingerprint density at radius 1 is 1.15 bits per heavy atom. The number of hydrogen-bond donors (Lipinski definition) is 2. The smallest absolute Gasteiger partial charge is 0.357 e. The molecule has 132 valence electrons. The first kappa shape index (κ1) is 17.6. The van der Waals surface area contributed by atoms with Gasteiger partial charge < -0.3 is 15.8 Å². The van der Waals surface area contributed by atoms with Crippen molar-refractivity contribution in [3.8, 4) is 0 Å². The number of rotatable bonds is 5. The number of hydrogen-bond acceptors (Lipinski definition) is 6. The van der Waals surface area contributed by atoms with Crippen molar-refractivity contribution in [2.75, 3.05) is 5.32 Å². The highest BCUT2D eigenvalue weighted by Crippen LogP contribution is 2.23. The Balaban J connectivity index is 1.68. The fourth-order valence-corrected chi connectivity index (χ4v) is 3.06. The molecule has 2 amide bonds. The normalized spacial score (nSPS) is 11.7. The standard InChI is InChI=1S/C18H15N3O4S/c1-10(16(23)21-17-12(15(19)22)8-9-26-17)25-18(24)14-7-6-11-4-2-3-5-13(11)20-14/h2-10H,1H3,(H2,19,22)(H,21,23)/t10-/m1/s1. The van der Waals surface area contributed by atoms with E-state index in [4.69, 9.17) is 10.5 Å². The Labute approximate surface area is 152 Å². The maximum absolute atomic E-state index is 12.2. The van der Waals surface area contributed by atoms with Gasteiger partial charge in [0.1, 0.15) is 10.7 Å². The topological polar surface area (TPSA) is 111 Å². The number of ether oxygens (including phenoxy) is 1. The monoisotopic (exact) mass is 369 g/mol. The van der Waals surface area contributed by atoms with Crippen molar-refractivity contribution in [1.82, 2.24) is 4.98 Å². The lowest BCUT2D eigenvalue weighted by atomic mass is 10.2. The van der Waals surface area contributed by atoms with Crippen LogP contribution in [0.4, 0.5) is 5.00 Å². The van der Waals surface area contributed by atoms with Crippen LogP contribution in [0, 0.1) is 0 Å². The lowest BCUT2D eigenvalue weighted by Crippen LogP contribution is -2.30. The zero-order valence-corrected chi connectivity index (χ0v) is 14.6. The van der Waals surface area contributed by atoms with Gasteiger partial charge in [0.05, 0.1) is 11.1 Å². The molecule has 0 fully saturated rings. The van der Waals surface area contributed by atoms with Crippen LogP contribution in [-0.4, -0.2) is 28.9 Å². The first-order chi connectivity index (χ1) is 12.5. The van der Waals surface area contributed by atoms with Crippen LogP contribution in [0.15, 0.2) is 47.8 Å². The van der Waals surface area contributed by atoms with E-state index < -0.39 is 23.9 Å². The van der Waals surface area contributed by atoms with Crippen molar-refractivity contribution in [2.45, 2.75) is 13.0 Å². The van der Waals surface area contributed by atoms with Gasteiger partial charge in [0, 0.05) is 5.39 Å². The van der Waals surface area contributed by atoms with Crippen molar-refractivity contribution < 1.29 is 19.1 Å². The van der Waals surface area contributed by atoms with Gasteiger partial charge in [-0.3, -0.25) is 9.59 Å². The Morgan fingerprint density at radius 2 is 1.92 bits per heavy atom. The zero-order chi connectivity index (χ0) is 18.7. The number of carbonyl (C=O) groups is 3. The first-order valence-electron chi connectivity index (χ1n) is 7.70. The highest BCUT2D eigenvalue weighted by molar-refractivity contribution is 7.14. The molecule has 0 spiro atoms. The fraction of sp³-hybridized carbons (Fsp3) is 0.111. The van der Waals surface area contributed by atoms with E-state index in [0.717, 1.165) is 16.7 Å². The largest absolute Gasteiger partial charge is 0.448 e. The molecule has 0 radical (unpaired) electrons. The number of pyridine rings is 1. The number of fused-ring (bicyclic) bond motifs is 1. The van der Waals surface area contributed by atoms with Crippen LogP contribution in [-0.2, 0) is 9.53 Å². The number of nitrogens with one attached hydrogen (secondary N) is 1. The van der Waals surface area contributed by atoms with Crippen LogP contribution in [0.3, 0.4) is 0 Å². The number of nitrogens with zero attached hydrogens (tertiary/aromatic N) is 1. The number of primary amides is 1. The van der Waals surface area contributed by atoms with Gasteiger partial charge in [-0.05, 0) is 30.5 Å². The number of nitrogens with two attached hydrogens (primary N) is 1. The fourth-order valence-electron chi connectivity index (χ4n) is 2.27. The summed E-state index contributed by atoms with van der Waals surface area (Å²) in [5.41, 5.74) is 6.21. The average molecular weight is 369 g/mol. The van der Waals surface area contributed by atoms with Crippen LogP contribution in [0.2, 0.25) is 0 Å². The maximum Gasteiger partial charge on any atom is 0.357 e. The molecule has 1 aromatic carbocycles. The van der Waals surface area contributed by atoms with Gasteiger partial charge >= 0.3 is 5.97 Å². The summed E-state index contributed by atoms with van der Waals surface area (Å²) in [6.07, 6.45) is -1.07. The molecule has 0 aliphatic heterocycles. The van der Waals surface area contributed by atoms with Gasteiger partial charge in [0.15, 0.2) is 6.10 Å². The minimum absolute atomic E-state index is 0.109. The van der Waals surface area contributed by atoms with E-state index in [-0.39, 0.29) is 11.3 Å². The van der Waals surface area contributed by atoms with Gasteiger partial charge in [-0.15, -0.1) is 11.3 Å². The molecular formula is C18H15N3O4S. The van der Waals surface area contributed by atoms with Crippen LogP contribution >= 0.6 is 11.3 Å². The van der Waals surface area contributed by atoms with Crippen molar-refractivity contribution in [3.63, 3.8) is 0 Å². The number of carbonyl (C=O) groups excluding carboxylic acids is 3. The lowest BCUT2D eigenvalue weighted by molar-refractivity contribution is -0.123. The SMILES string of the molecule is C[C@@H](OC(=O)c1ccc2ccccc2n1)C(=O)Nc1sccc1C(N)=O. The van der Waals surface area contributed by atoms with Crippen LogP contribution in [0.1, 0.15) is 27.8 Å². The zero-order valence-electron chi connectivity index (χ0n) is 13.8. The van der Waals surface area contributed by atoms with Crippen LogP contribution in [0.25, 0.3) is 10.9 Å². The molecule has 3 rings (SSSR count). The molecule has 2 aromatic heterocycles. The van der Waals surface area contributed by atoms with E-state index >= 15 is 0 Å². The lowest BCUT2D eigenvalue weighted by Gasteiger charge is -2.13. The average Bonchev–Trinajstić information content (AvgIpc) is 3.09. The summed E-state index contributed by atoms with van der Waals surface area (Å²) in [4.78, 5) is 40.0. The Bertz CT molecular complexity index is 999. The summed E-state index contributed by atoms with van der Waals surface area (Å²) >= 11 is 1.15. The number of amides is 2. The van der Waals surface area contributed by atoms with E-state index in [1.807, 2.05) is 18.2 Å². The predicted octanol–water partition coefficient (Wildman–Crippen LogP) is 2.58. The molecule has 8 heteroatoms. The molecular weight excluding hydrogens is 354 g/mol. The second-order valence-electron chi connectivity index (χ2n) is 5.45. The van der Waals surface area contributed by atoms with E-state index in [0.29, 0.717) is 10.5 Å². The third kappa shape index (κ3) is 3.70. The Kier molecular flexibility index (Phi) is 4.94. The van der Waals surface area contributed by atoms with Crippen molar-refractivity contribution in [3.05, 3.63) is 59.1 Å². The third-order valence-electron chi connectivity index (χ3n) is 3.63. The van der Waals surface area contributed by atoms with E-state index in [1.165, 1.54) is 13.0 Å². The summed E-state index contributed by atoms with van der Waals surface area (Å²) in [7, 11) is 0. The van der Waals surface area contributed by atoms with E-state index in [2.05, 4.69) is 10.3 Å². The number of esters is 1. The molecule has 0 bridgehead atoms. The van der Waals surface area contributed by atoms with Crippen LogP contribution in [0.5, 0.6) is 0 Å². The predicted molar refractivity (Wildman–Crippen MR) is 98.1 cm³/mol. The molecule has 0 aliphatic rings. The quantitative estimate of drug-likeness (QED) is 0.672.